The fourth-order valence-electron chi connectivity index (χ4n) is 2.86. The van der Waals surface area contributed by atoms with Gasteiger partial charge in [0, 0.05) is 31.7 Å². The number of methoxy groups -OCH3 is 1. The fraction of sp³-hybridized carbons (Fsp3) is 0.588. The molecule has 2 unspecified atom stereocenters. The first-order chi connectivity index (χ1) is 10.6. The van der Waals surface area contributed by atoms with Crippen molar-refractivity contribution in [2.75, 3.05) is 26.8 Å². The maximum Gasteiger partial charge on any atom is 0.317 e. The molecule has 1 fully saturated rings. The third-order valence-corrected chi connectivity index (χ3v) is 4.23. The van der Waals surface area contributed by atoms with Crippen LogP contribution < -0.4 is 10.1 Å². The molecular weight excluding hydrogens is 280 g/mol. The quantitative estimate of drug-likeness (QED) is 0.848. The highest BCUT2D eigenvalue weighted by Gasteiger charge is 2.27. The molecule has 2 amide bonds. The Morgan fingerprint density at radius 1 is 1.45 bits per heavy atom. The zero-order chi connectivity index (χ0) is 15.9. The van der Waals surface area contributed by atoms with Gasteiger partial charge in [0.05, 0.1) is 7.11 Å². The number of carbonyl (C=O) groups excluding carboxylic acids is 1. The second-order valence-electron chi connectivity index (χ2n) is 5.92. The molecule has 1 aliphatic heterocycles. The van der Waals surface area contributed by atoms with Gasteiger partial charge in [-0.05, 0) is 43.9 Å². The summed E-state index contributed by atoms with van der Waals surface area (Å²) >= 11 is 0. The van der Waals surface area contributed by atoms with Gasteiger partial charge in [0.2, 0.25) is 0 Å². The number of aliphatic hydroxyl groups excluding tert-OH is 1. The molecule has 0 saturated carbocycles. The summed E-state index contributed by atoms with van der Waals surface area (Å²) in [6.45, 7) is 3.69. The van der Waals surface area contributed by atoms with Gasteiger partial charge in [-0.15, -0.1) is 0 Å². The van der Waals surface area contributed by atoms with Crippen LogP contribution in [-0.4, -0.2) is 48.9 Å². The average molecular weight is 306 g/mol. The van der Waals surface area contributed by atoms with Gasteiger partial charge in [0.25, 0.3) is 0 Å². The van der Waals surface area contributed by atoms with Crippen LogP contribution in [0.5, 0.6) is 5.75 Å². The van der Waals surface area contributed by atoms with E-state index < -0.39 is 0 Å². The fourth-order valence-corrected chi connectivity index (χ4v) is 2.86. The summed E-state index contributed by atoms with van der Waals surface area (Å²) in [6, 6.07) is 8.19. The first-order valence-electron chi connectivity index (χ1n) is 7.94. The Bertz CT molecular complexity index is 475. The van der Waals surface area contributed by atoms with E-state index in [1.54, 1.807) is 7.11 Å². The van der Waals surface area contributed by atoms with Gasteiger partial charge < -0.3 is 20.1 Å². The maximum absolute atomic E-state index is 12.2. The highest BCUT2D eigenvalue weighted by molar-refractivity contribution is 5.75. The van der Waals surface area contributed by atoms with Crippen molar-refractivity contribution in [2.24, 2.45) is 0 Å². The summed E-state index contributed by atoms with van der Waals surface area (Å²) in [4.78, 5) is 14.1. The number of hydrogen-bond donors (Lipinski definition) is 2. The van der Waals surface area contributed by atoms with E-state index in [0.29, 0.717) is 5.92 Å². The minimum Gasteiger partial charge on any atom is -0.497 e. The van der Waals surface area contributed by atoms with Crippen molar-refractivity contribution in [1.82, 2.24) is 10.2 Å². The first kappa shape index (κ1) is 16.6. The Kier molecular flexibility index (Phi) is 6.07. The average Bonchev–Trinajstić information content (AvgIpc) is 3.03. The maximum atomic E-state index is 12.2. The van der Waals surface area contributed by atoms with Crippen LogP contribution in [0.3, 0.4) is 0 Å². The van der Waals surface area contributed by atoms with Crippen LogP contribution in [-0.2, 0) is 0 Å². The molecule has 22 heavy (non-hydrogen) atoms. The molecular formula is C17H26N2O3. The molecule has 1 saturated heterocycles. The summed E-state index contributed by atoms with van der Waals surface area (Å²) in [6.07, 6.45) is 2.51. The second-order valence-corrected chi connectivity index (χ2v) is 5.92. The SMILES string of the molecule is COc1ccc(C2CCN(C(=O)NC(C)CCCO)C2)cc1. The Labute approximate surface area is 132 Å². The van der Waals surface area contributed by atoms with Crippen molar-refractivity contribution in [3.63, 3.8) is 0 Å². The third kappa shape index (κ3) is 4.37. The van der Waals surface area contributed by atoms with Crippen LogP contribution in [0.4, 0.5) is 4.79 Å². The van der Waals surface area contributed by atoms with Gasteiger partial charge in [0.1, 0.15) is 5.75 Å². The largest absolute Gasteiger partial charge is 0.497 e. The van der Waals surface area contributed by atoms with Crippen molar-refractivity contribution >= 4 is 6.03 Å². The van der Waals surface area contributed by atoms with Crippen molar-refractivity contribution in [1.29, 1.82) is 0 Å². The van der Waals surface area contributed by atoms with Gasteiger partial charge in [0.15, 0.2) is 0 Å². The normalized spacial score (nSPS) is 19.0. The summed E-state index contributed by atoms with van der Waals surface area (Å²) < 4.78 is 5.17. The molecule has 1 aliphatic rings. The molecule has 2 N–H and O–H groups in total. The van der Waals surface area contributed by atoms with Gasteiger partial charge in [-0.2, -0.15) is 0 Å². The van der Waals surface area contributed by atoms with Crippen LogP contribution in [0.1, 0.15) is 37.7 Å². The van der Waals surface area contributed by atoms with E-state index in [2.05, 4.69) is 17.4 Å². The Morgan fingerprint density at radius 2 is 2.18 bits per heavy atom. The minimum atomic E-state index is 0.00134. The third-order valence-electron chi connectivity index (χ3n) is 4.23. The molecule has 2 atom stereocenters. The Balaban J connectivity index is 1.84. The highest BCUT2D eigenvalue weighted by atomic mass is 16.5. The molecule has 0 aliphatic carbocycles. The molecule has 0 aromatic heterocycles. The van der Waals surface area contributed by atoms with Gasteiger partial charge >= 0.3 is 6.03 Å². The molecule has 5 heteroatoms. The lowest BCUT2D eigenvalue weighted by atomic mass is 9.98. The van der Waals surface area contributed by atoms with E-state index in [1.165, 1.54) is 5.56 Å². The number of aliphatic hydroxyl groups is 1. The lowest BCUT2D eigenvalue weighted by molar-refractivity contribution is 0.202. The summed E-state index contributed by atoms with van der Waals surface area (Å²) in [5.74, 6) is 1.25. The Hall–Kier alpha value is -1.75. The number of carbonyl (C=O) groups is 1. The predicted octanol–water partition coefficient (Wildman–Crippen LogP) is 2.36. The van der Waals surface area contributed by atoms with Gasteiger partial charge in [-0.25, -0.2) is 4.79 Å². The van der Waals surface area contributed by atoms with E-state index in [0.717, 1.165) is 38.1 Å². The zero-order valence-corrected chi connectivity index (χ0v) is 13.4. The first-order valence-corrected chi connectivity index (χ1v) is 7.94. The van der Waals surface area contributed by atoms with E-state index >= 15 is 0 Å². The monoisotopic (exact) mass is 306 g/mol. The van der Waals surface area contributed by atoms with E-state index in [1.807, 2.05) is 24.0 Å². The number of likely N-dealkylation sites (tertiary alicyclic amines) is 1. The number of hydrogen-bond acceptors (Lipinski definition) is 3. The van der Waals surface area contributed by atoms with Crippen molar-refractivity contribution < 1.29 is 14.6 Å². The molecule has 0 radical (unpaired) electrons. The van der Waals surface area contributed by atoms with Crippen LogP contribution in [0.15, 0.2) is 24.3 Å². The number of nitrogens with zero attached hydrogens (tertiary/aromatic N) is 1. The summed E-state index contributed by atoms with van der Waals surface area (Å²) in [5.41, 5.74) is 1.25. The van der Waals surface area contributed by atoms with Crippen LogP contribution in [0.2, 0.25) is 0 Å². The number of ether oxygens (including phenoxy) is 1. The van der Waals surface area contributed by atoms with Gasteiger partial charge in [-0.3, -0.25) is 0 Å². The van der Waals surface area contributed by atoms with E-state index in [-0.39, 0.29) is 18.7 Å². The lowest BCUT2D eigenvalue weighted by Gasteiger charge is -2.21. The topological polar surface area (TPSA) is 61.8 Å². The molecule has 5 nitrogen and oxygen atoms in total. The Morgan fingerprint density at radius 3 is 2.82 bits per heavy atom. The lowest BCUT2D eigenvalue weighted by Crippen LogP contribution is -2.42. The molecule has 1 aromatic rings. The van der Waals surface area contributed by atoms with E-state index in [9.17, 15) is 4.79 Å². The number of benzene rings is 1. The van der Waals surface area contributed by atoms with Crippen LogP contribution >= 0.6 is 0 Å². The second kappa shape index (κ2) is 8.03. The van der Waals surface area contributed by atoms with Crippen molar-refractivity contribution in [2.45, 2.75) is 38.1 Å². The van der Waals surface area contributed by atoms with Crippen LogP contribution in [0, 0.1) is 0 Å². The zero-order valence-electron chi connectivity index (χ0n) is 13.4. The summed E-state index contributed by atoms with van der Waals surface area (Å²) in [5, 5.41) is 11.8. The molecule has 1 heterocycles. The molecule has 0 spiro atoms. The van der Waals surface area contributed by atoms with Crippen molar-refractivity contribution in [3.05, 3.63) is 29.8 Å². The number of amides is 2. The molecule has 1 aromatic carbocycles. The minimum absolute atomic E-state index is 0.00134. The number of urea groups is 1. The predicted molar refractivity (Wildman–Crippen MR) is 86.2 cm³/mol. The molecule has 2 rings (SSSR count). The van der Waals surface area contributed by atoms with E-state index in [4.69, 9.17) is 9.84 Å². The molecule has 0 bridgehead atoms. The van der Waals surface area contributed by atoms with Crippen LogP contribution in [0.25, 0.3) is 0 Å². The highest BCUT2D eigenvalue weighted by Crippen LogP contribution is 2.28. The summed E-state index contributed by atoms with van der Waals surface area (Å²) in [7, 11) is 1.66. The molecule has 122 valence electrons. The number of nitrogens with one attached hydrogen (secondary N) is 1. The smallest absolute Gasteiger partial charge is 0.317 e. The standard InChI is InChI=1S/C17H26N2O3/c1-13(4-3-11-20)18-17(21)19-10-9-15(12-19)14-5-7-16(22-2)8-6-14/h5-8,13,15,20H,3-4,9-12H2,1-2H3,(H,18,21). The van der Waals surface area contributed by atoms with Gasteiger partial charge in [-0.1, -0.05) is 12.1 Å². The van der Waals surface area contributed by atoms with Crippen molar-refractivity contribution in [3.8, 4) is 5.75 Å². The number of rotatable bonds is 6.